The number of methoxy groups -OCH3 is 1. The number of esters is 1. The summed E-state index contributed by atoms with van der Waals surface area (Å²) in [4.78, 5) is 24.7. The van der Waals surface area contributed by atoms with Crippen LogP contribution >= 0.6 is 0 Å². The Kier molecular flexibility index (Phi) is 15.7. The summed E-state index contributed by atoms with van der Waals surface area (Å²) in [6.45, 7) is 0.730. The molecule has 0 bridgehead atoms. The molecule has 0 aliphatic carbocycles. The third-order valence-electron chi connectivity index (χ3n) is 6.60. The van der Waals surface area contributed by atoms with Gasteiger partial charge < -0.3 is 24.2 Å². The lowest BCUT2D eigenvalue weighted by molar-refractivity contribution is -0.153. The molecule has 0 radical (unpaired) electrons. The number of rotatable bonds is 21. The third kappa shape index (κ3) is 14.6. The number of hydrogen-bond donors (Lipinski definition) is 1. The second kappa shape index (κ2) is 19.1. The van der Waals surface area contributed by atoms with E-state index in [4.69, 9.17) is 19.3 Å². The van der Waals surface area contributed by atoms with E-state index < -0.39 is 18.0 Å². The topological polar surface area (TPSA) is 85.3 Å². The van der Waals surface area contributed by atoms with Crippen LogP contribution in [-0.4, -0.2) is 62.4 Å². The van der Waals surface area contributed by atoms with Gasteiger partial charge in [0.1, 0.15) is 24.2 Å². The number of carbonyl (C=O) groups excluding carboxylic acids is 1. The van der Waals surface area contributed by atoms with Crippen LogP contribution in [0.2, 0.25) is 0 Å². The number of hydrogen-bond acceptors (Lipinski definition) is 6. The van der Waals surface area contributed by atoms with E-state index in [2.05, 4.69) is 24.3 Å². The summed E-state index contributed by atoms with van der Waals surface area (Å²) in [7, 11) is 5.51. The maximum absolute atomic E-state index is 12.0. The fourth-order valence-electron chi connectivity index (χ4n) is 4.55. The molecular weight excluding hydrogens is 494 g/mol. The van der Waals surface area contributed by atoms with E-state index in [0.717, 1.165) is 36.3 Å². The normalized spacial score (nSPS) is 11.8. The standard InChI is InChI=1S/C32H47NO6/c1-33(2)24-29(39-32(36)22-21-31(34)35)25-38-30-20-13-12-18-27(30)17-11-9-7-5-4-6-8-10-15-26-16-14-19-28(23-26)37-3/h12-14,16,18-20,23,29H,4-11,15,17,21-22,24-25H2,1-3H3,(H,34,35). The Labute approximate surface area is 234 Å². The van der Waals surface area contributed by atoms with Crippen LogP contribution in [0.1, 0.15) is 75.3 Å². The van der Waals surface area contributed by atoms with Crippen molar-refractivity contribution in [3.63, 3.8) is 0 Å². The number of unbranched alkanes of at least 4 members (excludes halogenated alkanes) is 7. The van der Waals surface area contributed by atoms with Crippen molar-refractivity contribution >= 4 is 11.9 Å². The first-order valence-corrected chi connectivity index (χ1v) is 14.3. The van der Waals surface area contributed by atoms with E-state index in [-0.39, 0.29) is 19.4 Å². The fraction of sp³-hybridized carbons (Fsp3) is 0.562. The van der Waals surface area contributed by atoms with Crippen molar-refractivity contribution in [3.05, 3.63) is 59.7 Å². The van der Waals surface area contributed by atoms with Crippen LogP contribution in [0.25, 0.3) is 0 Å². The van der Waals surface area contributed by atoms with Crippen LogP contribution in [0, 0.1) is 0 Å². The molecule has 2 rings (SSSR count). The van der Waals surface area contributed by atoms with Crippen molar-refractivity contribution in [1.29, 1.82) is 0 Å². The van der Waals surface area contributed by atoms with E-state index >= 15 is 0 Å². The number of para-hydroxylation sites is 1. The minimum Gasteiger partial charge on any atom is -0.497 e. The number of ether oxygens (including phenoxy) is 3. The number of likely N-dealkylation sites (N-methyl/N-ethyl adjacent to an activating group) is 1. The van der Waals surface area contributed by atoms with Gasteiger partial charge >= 0.3 is 11.9 Å². The van der Waals surface area contributed by atoms with Crippen LogP contribution in [0.15, 0.2) is 48.5 Å². The zero-order valence-corrected chi connectivity index (χ0v) is 24.0. The molecule has 0 spiro atoms. The summed E-state index contributed by atoms with van der Waals surface area (Å²) >= 11 is 0. The van der Waals surface area contributed by atoms with Crippen molar-refractivity contribution in [2.75, 3.05) is 34.4 Å². The third-order valence-corrected chi connectivity index (χ3v) is 6.60. The molecule has 0 amide bonds. The Hall–Kier alpha value is -3.06. The van der Waals surface area contributed by atoms with Crippen LogP contribution in [0.5, 0.6) is 11.5 Å². The largest absolute Gasteiger partial charge is 0.497 e. The first kappa shape index (κ1) is 32.2. The van der Waals surface area contributed by atoms with Crippen molar-refractivity contribution < 1.29 is 28.9 Å². The first-order chi connectivity index (χ1) is 18.9. The second-order valence-corrected chi connectivity index (χ2v) is 10.4. The smallest absolute Gasteiger partial charge is 0.306 e. The molecule has 0 saturated heterocycles. The minimum absolute atomic E-state index is 0.140. The fourth-order valence-corrected chi connectivity index (χ4v) is 4.55. The molecule has 216 valence electrons. The monoisotopic (exact) mass is 541 g/mol. The molecule has 1 atom stereocenters. The van der Waals surface area contributed by atoms with Crippen LogP contribution in [0.3, 0.4) is 0 Å². The van der Waals surface area contributed by atoms with E-state index in [0.29, 0.717) is 6.54 Å². The zero-order chi connectivity index (χ0) is 28.3. The highest BCUT2D eigenvalue weighted by Gasteiger charge is 2.18. The highest BCUT2D eigenvalue weighted by atomic mass is 16.6. The molecular formula is C32H47NO6. The molecule has 0 aliphatic rings. The summed E-state index contributed by atoms with van der Waals surface area (Å²) in [6, 6.07) is 16.4. The predicted octanol–water partition coefficient (Wildman–Crippen LogP) is 6.32. The quantitative estimate of drug-likeness (QED) is 0.146. The summed E-state index contributed by atoms with van der Waals surface area (Å²) in [5, 5.41) is 8.79. The highest BCUT2D eigenvalue weighted by Crippen LogP contribution is 2.22. The number of aryl methyl sites for hydroxylation is 2. The molecule has 39 heavy (non-hydrogen) atoms. The SMILES string of the molecule is COc1cccc(CCCCCCCCCCc2ccccc2OCC(CN(C)C)OC(=O)CCC(=O)O)c1. The van der Waals surface area contributed by atoms with Crippen LogP contribution < -0.4 is 9.47 Å². The number of carbonyl (C=O) groups is 2. The van der Waals surface area contributed by atoms with E-state index in [1.165, 1.54) is 50.5 Å². The Morgan fingerprint density at radius 2 is 1.51 bits per heavy atom. The van der Waals surface area contributed by atoms with Gasteiger partial charge in [0.25, 0.3) is 0 Å². The van der Waals surface area contributed by atoms with Gasteiger partial charge in [0.2, 0.25) is 0 Å². The van der Waals surface area contributed by atoms with E-state index in [1.54, 1.807) is 7.11 Å². The van der Waals surface area contributed by atoms with Gasteiger partial charge in [-0.05, 0) is 69.1 Å². The van der Waals surface area contributed by atoms with Crippen molar-refractivity contribution in [2.45, 2.75) is 83.2 Å². The summed E-state index contributed by atoms with van der Waals surface area (Å²) < 4.78 is 16.9. The van der Waals surface area contributed by atoms with Gasteiger partial charge in [-0.2, -0.15) is 0 Å². The van der Waals surface area contributed by atoms with Gasteiger partial charge in [0.15, 0.2) is 0 Å². The van der Waals surface area contributed by atoms with Crippen molar-refractivity contribution in [1.82, 2.24) is 4.90 Å². The molecule has 7 heteroatoms. The summed E-state index contributed by atoms with van der Waals surface area (Å²) in [5.41, 5.74) is 2.51. The second-order valence-electron chi connectivity index (χ2n) is 10.4. The number of nitrogens with zero attached hydrogens (tertiary/aromatic N) is 1. The molecule has 7 nitrogen and oxygen atoms in total. The summed E-state index contributed by atoms with van der Waals surface area (Å²) in [5.74, 6) is 0.226. The lowest BCUT2D eigenvalue weighted by Gasteiger charge is -2.22. The van der Waals surface area contributed by atoms with Gasteiger partial charge in [-0.1, -0.05) is 68.9 Å². The minimum atomic E-state index is -1.01. The van der Waals surface area contributed by atoms with E-state index in [9.17, 15) is 9.59 Å². The molecule has 0 aliphatic heterocycles. The van der Waals surface area contributed by atoms with Crippen LogP contribution in [-0.2, 0) is 27.2 Å². The van der Waals surface area contributed by atoms with Crippen LogP contribution in [0.4, 0.5) is 0 Å². The Morgan fingerprint density at radius 3 is 2.18 bits per heavy atom. The first-order valence-electron chi connectivity index (χ1n) is 14.3. The molecule has 2 aromatic rings. The van der Waals surface area contributed by atoms with Gasteiger partial charge in [-0.15, -0.1) is 0 Å². The number of aliphatic carboxylic acids is 1. The van der Waals surface area contributed by atoms with Crippen molar-refractivity contribution in [3.8, 4) is 11.5 Å². The number of benzene rings is 2. The zero-order valence-electron chi connectivity index (χ0n) is 24.0. The number of carboxylic acid groups (broad SMARTS) is 1. The molecule has 1 unspecified atom stereocenters. The van der Waals surface area contributed by atoms with Gasteiger partial charge in [-0.25, -0.2) is 0 Å². The predicted molar refractivity (Wildman–Crippen MR) is 155 cm³/mol. The average molecular weight is 542 g/mol. The lowest BCUT2D eigenvalue weighted by atomic mass is 10.0. The van der Waals surface area contributed by atoms with Crippen molar-refractivity contribution in [2.24, 2.45) is 0 Å². The lowest BCUT2D eigenvalue weighted by Crippen LogP contribution is -2.35. The van der Waals surface area contributed by atoms with Gasteiger partial charge in [-0.3, -0.25) is 9.59 Å². The highest BCUT2D eigenvalue weighted by molar-refractivity contribution is 5.76. The maximum Gasteiger partial charge on any atom is 0.306 e. The molecule has 0 aromatic heterocycles. The molecule has 2 aromatic carbocycles. The van der Waals surface area contributed by atoms with E-state index in [1.807, 2.05) is 43.3 Å². The average Bonchev–Trinajstić information content (AvgIpc) is 2.92. The Bertz CT molecular complexity index is 977. The molecule has 1 N–H and O–H groups in total. The maximum atomic E-state index is 12.0. The summed E-state index contributed by atoms with van der Waals surface area (Å²) in [6.07, 6.45) is 11.1. The molecule has 0 heterocycles. The van der Waals surface area contributed by atoms with Gasteiger partial charge in [0.05, 0.1) is 20.0 Å². The number of carboxylic acids is 1. The van der Waals surface area contributed by atoms with Gasteiger partial charge in [0, 0.05) is 6.54 Å². The Balaban J connectivity index is 1.63. The molecule has 0 saturated carbocycles. The molecule has 0 fully saturated rings. The Morgan fingerprint density at radius 1 is 0.846 bits per heavy atom.